The van der Waals surface area contributed by atoms with Gasteiger partial charge in [0.15, 0.2) is 11.5 Å². The average Bonchev–Trinajstić information content (AvgIpc) is 2.84. The average molecular weight is 386 g/mol. The van der Waals surface area contributed by atoms with Crippen LogP contribution in [-0.4, -0.2) is 19.9 Å². The first-order valence-electron chi connectivity index (χ1n) is 5.57. The topological polar surface area (TPSA) is 66.5 Å². The molecule has 5 nitrogen and oxygen atoms in total. The number of imidazole rings is 1. The van der Waals surface area contributed by atoms with Crippen molar-refractivity contribution in [3.8, 4) is 0 Å². The van der Waals surface area contributed by atoms with Gasteiger partial charge in [0.1, 0.15) is 5.52 Å². The van der Waals surface area contributed by atoms with Gasteiger partial charge in [-0.05, 0) is 51.9 Å². The maximum atomic E-state index is 5.87. The molecule has 7 heteroatoms. The molecule has 0 radical (unpaired) electrons. The Morgan fingerprint density at radius 3 is 3.05 bits per heavy atom. The summed E-state index contributed by atoms with van der Waals surface area (Å²) >= 11 is 8.16. The first-order chi connectivity index (χ1) is 9.22. The maximum absolute atomic E-state index is 5.87. The molecule has 0 unspecified atom stereocenters. The molecular formula is C12H9ClIN5. The summed E-state index contributed by atoms with van der Waals surface area (Å²) in [4.78, 5) is 15.3. The number of rotatable bonds is 3. The van der Waals surface area contributed by atoms with E-state index in [1.54, 1.807) is 6.33 Å². The number of nitrogens with zero attached hydrogens (tertiary/aromatic N) is 3. The van der Waals surface area contributed by atoms with Crippen LogP contribution in [0.15, 0.2) is 30.6 Å². The molecule has 2 N–H and O–H groups in total. The van der Waals surface area contributed by atoms with E-state index >= 15 is 0 Å². The predicted octanol–water partition coefficient (Wildman–Crippen LogP) is 3.22. The molecule has 0 atom stereocenters. The van der Waals surface area contributed by atoms with Gasteiger partial charge in [0.05, 0.1) is 6.33 Å². The van der Waals surface area contributed by atoms with E-state index in [-0.39, 0.29) is 5.28 Å². The van der Waals surface area contributed by atoms with Crippen LogP contribution in [0.5, 0.6) is 0 Å². The van der Waals surface area contributed by atoms with E-state index in [0.29, 0.717) is 18.0 Å². The zero-order valence-electron chi connectivity index (χ0n) is 9.69. The van der Waals surface area contributed by atoms with E-state index in [9.17, 15) is 0 Å². The summed E-state index contributed by atoms with van der Waals surface area (Å²) in [5.41, 5.74) is 2.49. The Bertz CT molecular complexity index is 727. The van der Waals surface area contributed by atoms with Crippen molar-refractivity contribution in [2.75, 3.05) is 5.32 Å². The van der Waals surface area contributed by atoms with E-state index in [4.69, 9.17) is 11.6 Å². The SMILES string of the molecule is Clc1nc(NCc2cccc(I)c2)c2[nH]cnc2n1. The molecule has 0 amide bonds. The van der Waals surface area contributed by atoms with Crippen LogP contribution < -0.4 is 5.32 Å². The van der Waals surface area contributed by atoms with Crippen molar-refractivity contribution in [2.45, 2.75) is 6.54 Å². The lowest BCUT2D eigenvalue weighted by atomic mass is 10.2. The molecule has 19 heavy (non-hydrogen) atoms. The number of hydrogen-bond acceptors (Lipinski definition) is 4. The van der Waals surface area contributed by atoms with Crippen LogP contribution in [-0.2, 0) is 6.54 Å². The third-order valence-electron chi connectivity index (χ3n) is 2.61. The molecule has 2 heterocycles. The van der Waals surface area contributed by atoms with Gasteiger partial charge in [-0.15, -0.1) is 0 Å². The lowest BCUT2D eigenvalue weighted by Gasteiger charge is -2.07. The highest BCUT2D eigenvalue weighted by Gasteiger charge is 2.08. The molecule has 2 aromatic heterocycles. The number of aromatic nitrogens is 4. The fraction of sp³-hybridized carbons (Fsp3) is 0.0833. The van der Waals surface area contributed by atoms with Crippen LogP contribution in [0.4, 0.5) is 5.82 Å². The van der Waals surface area contributed by atoms with Crippen LogP contribution in [0.25, 0.3) is 11.2 Å². The van der Waals surface area contributed by atoms with Gasteiger partial charge < -0.3 is 10.3 Å². The fourth-order valence-corrected chi connectivity index (χ4v) is 2.54. The summed E-state index contributed by atoms with van der Waals surface area (Å²) in [5.74, 6) is 0.659. The second kappa shape index (κ2) is 5.30. The quantitative estimate of drug-likeness (QED) is 0.537. The van der Waals surface area contributed by atoms with Gasteiger partial charge in [0.2, 0.25) is 5.28 Å². The number of benzene rings is 1. The van der Waals surface area contributed by atoms with Crippen molar-refractivity contribution in [1.82, 2.24) is 19.9 Å². The van der Waals surface area contributed by atoms with E-state index < -0.39 is 0 Å². The van der Waals surface area contributed by atoms with Gasteiger partial charge in [-0.1, -0.05) is 12.1 Å². The van der Waals surface area contributed by atoms with Gasteiger partial charge in [0, 0.05) is 10.1 Å². The molecule has 3 rings (SSSR count). The number of nitrogens with one attached hydrogen (secondary N) is 2. The van der Waals surface area contributed by atoms with Crippen LogP contribution in [0.3, 0.4) is 0 Å². The zero-order valence-corrected chi connectivity index (χ0v) is 12.6. The van der Waals surface area contributed by atoms with E-state index in [1.165, 1.54) is 9.13 Å². The van der Waals surface area contributed by atoms with Crippen molar-refractivity contribution in [1.29, 1.82) is 0 Å². The molecule has 0 aliphatic rings. The van der Waals surface area contributed by atoms with Gasteiger partial charge >= 0.3 is 0 Å². The number of hydrogen-bond donors (Lipinski definition) is 2. The minimum Gasteiger partial charge on any atom is -0.364 e. The summed E-state index contributed by atoms with van der Waals surface area (Å²) in [6, 6.07) is 8.25. The molecule has 0 bridgehead atoms. The van der Waals surface area contributed by atoms with Gasteiger partial charge in [-0.2, -0.15) is 9.97 Å². The van der Waals surface area contributed by atoms with Crippen molar-refractivity contribution in [2.24, 2.45) is 0 Å². The Morgan fingerprint density at radius 1 is 1.32 bits per heavy atom. The predicted molar refractivity (Wildman–Crippen MR) is 83.2 cm³/mol. The Hall–Kier alpha value is -1.41. The van der Waals surface area contributed by atoms with Crippen molar-refractivity contribution in [3.63, 3.8) is 0 Å². The standard InChI is InChI=1S/C12H9ClIN5/c13-12-18-10(9-11(19-12)17-6-16-9)15-5-7-2-1-3-8(14)4-7/h1-4,6H,5H2,(H2,15,16,17,18,19). The smallest absolute Gasteiger partial charge is 0.226 e. The Labute approximate surface area is 128 Å². The fourth-order valence-electron chi connectivity index (χ4n) is 1.77. The summed E-state index contributed by atoms with van der Waals surface area (Å²) in [6.45, 7) is 0.665. The molecular weight excluding hydrogens is 377 g/mol. The number of H-pyrrole nitrogens is 1. The number of halogens is 2. The molecule has 0 aliphatic heterocycles. The first kappa shape index (κ1) is 12.6. The lowest BCUT2D eigenvalue weighted by molar-refractivity contribution is 1.10. The largest absolute Gasteiger partial charge is 0.364 e. The summed E-state index contributed by atoms with van der Waals surface area (Å²) in [7, 11) is 0. The molecule has 0 saturated heterocycles. The number of anilines is 1. The van der Waals surface area contributed by atoms with Crippen LogP contribution in [0, 0.1) is 3.57 Å². The molecule has 0 fully saturated rings. The number of aromatic amines is 1. The normalized spacial score (nSPS) is 10.8. The van der Waals surface area contributed by atoms with Crippen LogP contribution in [0.1, 0.15) is 5.56 Å². The molecule has 1 aromatic carbocycles. The summed E-state index contributed by atoms with van der Waals surface area (Å²) in [6.07, 6.45) is 1.58. The van der Waals surface area contributed by atoms with Crippen LogP contribution in [0.2, 0.25) is 5.28 Å². The van der Waals surface area contributed by atoms with Crippen molar-refractivity contribution < 1.29 is 0 Å². The van der Waals surface area contributed by atoms with Gasteiger partial charge in [-0.25, -0.2) is 4.98 Å². The first-order valence-corrected chi connectivity index (χ1v) is 7.03. The Kier molecular flexibility index (Phi) is 3.52. The minimum absolute atomic E-state index is 0.185. The number of fused-ring (bicyclic) bond motifs is 1. The monoisotopic (exact) mass is 385 g/mol. The highest BCUT2D eigenvalue weighted by Crippen LogP contribution is 2.19. The van der Waals surface area contributed by atoms with E-state index in [0.717, 1.165) is 5.52 Å². The molecule has 3 aromatic rings. The van der Waals surface area contributed by atoms with E-state index in [1.807, 2.05) is 6.07 Å². The van der Waals surface area contributed by atoms with Gasteiger partial charge in [0.25, 0.3) is 0 Å². The highest BCUT2D eigenvalue weighted by atomic mass is 127. The van der Waals surface area contributed by atoms with Crippen molar-refractivity contribution >= 4 is 51.2 Å². The summed E-state index contributed by atoms with van der Waals surface area (Å²) in [5, 5.41) is 3.43. The van der Waals surface area contributed by atoms with E-state index in [2.05, 4.69) is 66.0 Å². The lowest BCUT2D eigenvalue weighted by Crippen LogP contribution is -2.03. The molecule has 0 spiro atoms. The second-order valence-electron chi connectivity index (χ2n) is 3.93. The second-order valence-corrected chi connectivity index (χ2v) is 5.51. The maximum Gasteiger partial charge on any atom is 0.226 e. The third kappa shape index (κ3) is 2.79. The van der Waals surface area contributed by atoms with Crippen LogP contribution >= 0.6 is 34.2 Å². The minimum atomic E-state index is 0.185. The Morgan fingerprint density at radius 2 is 2.21 bits per heavy atom. The molecule has 0 aliphatic carbocycles. The molecule has 96 valence electrons. The highest BCUT2D eigenvalue weighted by molar-refractivity contribution is 14.1. The van der Waals surface area contributed by atoms with Gasteiger partial charge in [-0.3, -0.25) is 0 Å². The Balaban J connectivity index is 1.87. The van der Waals surface area contributed by atoms with Crippen molar-refractivity contribution in [3.05, 3.63) is 45.0 Å². The third-order valence-corrected chi connectivity index (χ3v) is 3.45. The summed E-state index contributed by atoms with van der Waals surface area (Å²) < 4.78 is 1.20. The molecule has 0 saturated carbocycles. The zero-order chi connectivity index (χ0) is 13.2.